The van der Waals surface area contributed by atoms with Gasteiger partial charge in [-0.25, -0.2) is 13.1 Å². The highest BCUT2D eigenvalue weighted by atomic mass is 35.5. The second-order valence-corrected chi connectivity index (χ2v) is 6.27. The molecule has 0 amide bonds. The first-order valence-corrected chi connectivity index (χ1v) is 7.72. The quantitative estimate of drug-likeness (QED) is 0.647. The van der Waals surface area contributed by atoms with E-state index in [1.54, 1.807) is 12.1 Å². The summed E-state index contributed by atoms with van der Waals surface area (Å²) in [4.78, 5) is 9.82. The molecule has 1 aromatic heterocycles. The maximum atomic E-state index is 12.0. The Morgan fingerprint density at radius 1 is 1.33 bits per heavy atom. The van der Waals surface area contributed by atoms with Gasteiger partial charge in [0, 0.05) is 19.0 Å². The van der Waals surface area contributed by atoms with Gasteiger partial charge in [0.2, 0.25) is 10.0 Å². The fraction of sp³-hybridized carbons (Fsp3) is 0.167. The molecule has 0 atom stereocenters. The molecule has 0 fully saturated rings. The minimum absolute atomic E-state index is 0.116. The number of benzene rings is 1. The molecule has 112 valence electrons. The van der Waals surface area contributed by atoms with E-state index in [4.69, 9.17) is 16.0 Å². The summed E-state index contributed by atoms with van der Waals surface area (Å²) in [6.07, 6.45) is 1.87. The Kier molecular flexibility index (Phi) is 4.61. The van der Waals surface area contributed by atoms with Crippen LogP contribution >= 0.6 is 11.6 Å². The zero-order valence-corrected chi connectivity index (χ0v) is 12.2. The van der Waals surface area contributed by atoms with Crippen molar-refractivity contribution in [2.75, 3.05) is 6.54 Å². The monoisotopic (exact) mass is 330 g/mol. The van der Waals surface area contributed by atoms with E-state index >= 15 is 0 Å². The van der Waals surface area contributed by atoms with Gasteiger partial charge in [0.15, 0.2) is 0 Å². The summed E-state index contributed by atoms with van der Waals surface area (Å²) in [5.74, 6) is 0.639. The Morgan fingerprint density at radius 2 is 2.10 bits per heavy atom. The first-order chi connectivity index (χ1) is 9.90. The lowest BCUT2D eigenvalue weighted by molar-refractivity contribution is -0.384. The van der Waals surface area contributed by atoms with Crippen molar-refractivity contribution in [1.82, 2.24) is 4.72 Å². The van der Waals surface area contributed by atoms with Gasteiger partial charge in [-0.05, 0) is 24.3 Å². The van der Waals surface area contributed by atoms with E-state index in [1.807, 2.05) is 0 Å². The largest absolute Gasteiger partial charge is 0.469 e. The standard InChI is InChI=1S/C12H11ClN2O5S/c13-11-4-3-10(8-12(11)15(16)17)21(18,19)14-6-5-9-2-1-7-20-9/h1-4,7-8,14H,5-6H2. The van der Waals surface area contributed by atoms with Gasteiger partial charge in [0.1, 0.15) is 10.8 Å². The first kappa shape index (κ1) is 15.5. The van der Waals surface area contributed by atoms with Gasteiger partial charge in [0.25, 0.3) is 5.69 Å². The van der Waals surface area contributed by atoms with Gasteiger partial charge in [0.05, 0.1) is 16.1 Å². The summed E-state index contributed by atoms with van der Waals surface area (Å²) in [5, 5.41) is 10.6. The van der Waals surface area contributed by atoms with Crippen molar-refractivity contribution in [3.8, 4) is 0 Å². The summed E-state index contributed by atoms with van der Waals surface area (Å²) >= 11 is 5.64. The van der Waals surface area contributed by atoms with E-state index < -0.39 is 20.6 Å². The number of furan rings is 1. The van der Waals surface area contributed by atoms with E-state index in [0.29, 0.717) is 12.2 Å². The van der Waals surface area contributed by atoms with Gasteiger partial charge in [-0.3, -0.25) is 10.1 Å². The molecule has 2 aromatic rings. The topological polar surface area (TPSA) is 102 Å². The number of halogens is 1. The zero-order valence-electron chi connectivity index (χ0n) is 10.7. The van der Waals surface area contributed by atoms with E-state index in [1.165, 1.54) is 18.4 Å². The fourth-order valence-corrected chi connectivity index (χ4v) is 2.88. The molecular formula is C12H11ClN2O5S. The Hall–Kier alpha value is -1.90. The van der Waals surface area contributed by atoms with Crippen LogP contribution in [0.4, 0.5) is 5.69 Å². The average molecular weight is 331 g/mol. The normalized spacial score (nSPS) is 11.5. The lowest BCUT2D eigenvalue weighted by Crippen LogP contribution is -2.26. The highest BCUT2D eigenvalue weighted by molar-refractivity contribution is 7.89. The molecule has 9 heteroatoms. The molecule has 0 bridgehead atoms. The van der Waals surface area contributed by atoms with Crippen LogP contribution < -0.4 is 4.72 Å². The van der Waals surface area contributed by atoms with Gasteiger partial charge in [-0.15, -0.1) is 0 Å². The lowest BCUT2D eigenvalue weighted by atomic mass is 10.3. The minimum Gasteiger partial charge on any atom is -0.469 e. The summed E-state index contributed by atoms with van der Waals surface area (Å²) in [6.45, 7) is 0.117. The molecule has 1 aromatic carbocycles. The predicted octanol–water partition coefficient (Wildman–Crippen LogP) is 2.36. The third-order valence-electron chi connectivity index (χ3n) is 2.67. The van der Waals surface area contributed by atoms with E-state index in [2.05, 4.69) is 4.72 Å². The maximum absolute atomic E-state index is 12.0. The summed E-state index contributed by atoms with van der Waals surface area (Å²) in [7, 11) is -3.84. The number of sulfonamides is 1. The Bertz CT molecular complexity index is 743. The van der Waals surface area contributed by atoms with Crippen molar-refractivity contribution in [3.05, 3.63) is 57.5 Å². The lowest BCUT2D eigenvalue weighted by Gasteiger charge is -2.06. The molecule has 1 N–H and O–H groups in total. The van der Waals surface area contributed by atoms with Crippen molar-refractivity contribution in [1.29, 1.82) is 0 Å². The van der Waals surface area contributed by atoms with Crippen LogP contribution in [0.15, 0.2) is 45.9 Å². The number of rotatable bonds is 6. The molecule has 7 nitrogen and oxygen atoms in total. The van der Waals surface area contributed by atoms with Gasteiger partial charge < -0.3 is 4.42 Å². The summed E-state index contributed by atoms with van der Waals surface area (Å²) < 4.78 is 31.5. The van der Waals surface area contributed by atoms with Crippen LogP contribution in [0.5, 0.6) is 0 Å². The molecule has 1 heterocycles. The molecule has 0 aliphatic rings. The minimum atomic E-state index is -3.84. The Labute approximate surface area is 125 Å². The van der Waals surface area contributed by atoms with Crippen LogP contribution in [0.1, 0.15) is 5.76 Å². The van der Waals surface area contributed by atoms with Crippen LogP contribution in [-0.4, -0.2) is 19.9 Å². The molecule has 0 saturated heterocycles. The smallest absolute Gasteiger partial charge is 0.289 e. The average Bonchev–Trinajstić information content (AvgIpc) is 2.91. The Balaban J connectivity index is 2.12. The van der Waals surface area contributed by atoms with Crippen molar-refractivity contribution >= 4 is 27.3 Å². The Morgan fingerprint density at radius 3 is 2.71 bits per heavy atom. The van der Waals surface area contributed by atoms with Crippen molar-refractivity contribution in [3.63, 3.8) is 0 Å². The highest BCUT2D eigenvalue weighted by Crippen LogP contribution is 2.26. The number of hydrogen-bond acceptors (Lipinski definition) is 5. The second-order valence-electron chi connectivity index (χ2n) is 4.10. The third-order valence-corrected chi connectivity index (χ3v) is 4.45. The zero-order chi connectivity index (χ0) is 15.5. The van der Waals surface area contributed by atoms with Crippen molar-refractivity contribution in [2.24, 2.45) is 0 Å². The van der Waals surface area contributed by atoms with Gasteiger partial charge in [-0.1, -0.05) is 11.6 Å². The summed E-state index contributed by atoms with van der Waals surface area (Å²) in [6, 6.07) is 6.75. The highest BCUT2D eigenvalue weighted by Gasteiger charge is 2.20. The molecule has 0 aliphatic heterocycles. The molecule has 0 aliphatic carbocycles. The van der Waals surface area contributed by atoms with Gasteiger partial charge in [-0.2, -0.15) is 0 Å². The van der Waals surface area contributed by atoms with E-state index in [9.17, 15) is 18.5 Å². The van der Waals surface area contributed by atoms with Crippen LogP contribution in [0.3, 0.4) is 0 Å². The van der Waals surface area contributed by atoms with Crippen molar-refractivity contribution < 1.29 is 17.8 Å². The molecular weight excluding hydrogens is 320 g/mol. The third kappa shape index (κ3) is 3.81. The SMILES string of the molecule is O=[N+]([O-])c1cc(S(=O)(=O)NCCc2ccco2)ccc1Cl. The number of nitrogens with zero attached hydrogens (tertiary/aromatic N) is 1. The van der Waals surface area contributed by atoms with Crippen LogP contribution in [0.25, 0.3) is 0 Å². The molecule has 0 radical (unpaired) electrons. The molecule has 0 unspecified atom stereocenters. The molecule has 2 rings (SSSR count). The van der Waals surface area contributed by atoms with Gasteiger partial charge >= 0.3 is 0 Å². The van der Waals surface area contributed by atoms with Crippen LogP contribution in [0.2, 0.25) is 5.02 Å². The first-order valence-electron chi connectivity index (χ1n) is 5.86. The number of nitrogens with one attached hydrogen (secondary N) is 1. The van der Waals surface area contributed by atoms with Crippen LogP contribution in [-0.2, 0) is 16.4 Å². The maximum Gasteiger partial charge on any atom is 0.289 e. The molecule has 0 saturated carbocycles. The molecule has 0 spiro atoms. The second kappa shape index (κ2) is 6.25. The number of nitro groups is 1. The van der Waals surface area contributed by atoms with Crippen LogP contribution in [0, 0.1) is 10.1 Å². The number of nitro benzene ring substituents is 1. The number of hydrogen-bond donors (Lipinski definition) is 1. The van der Waals surface area contributed by atoms with E-state index in [0.717, 1.165) is 6.07 Å². The van der Waals surface area contributed by atoms with Crippen molar-refractivity contribution in [2.45, 2.75) is 11.3 Å². The van der Waals surface area contributed by atoms with E-state index in [-0.39, 0.29) is 16.5 Å². The summed E-state index contributed by atoms with van der Waals surface area (Å²) in [5.41, 5.74) is -0.453. The molecule has 21 heavy (non-hydrogen) atoms. The fourth-order valence-electron chi connectivity index (χ4n) is 1.65. The predicted molar refractivity (Wildman–Crippen MR) is 75.7 cm³/mol.